The largest absolute Gasteiger partial charge is 0.320 e. The zero-order valence-corrected chi connectivity index (χ0v) is 7.64. The summed E-state index contributed by atoms with van der Waals surface area (Å²) in [4.78, 5) is 10.6. The molecule has 0 spiro atoms. The third-order valence-corrected chi connectivity index (χ3v) is 1.80. The van der Waals surface area contributed by atoms with Gasteiger partial charge in [-0.25, -0.2) is 0 Å². The molecule has 0 unspecified atom stereocenters. The molecule has 0 saturated carbocycles. The standard InChI is InChI=1S/C10H8ClNO/c11-10-5-1-3-8(7-13)9(10)4-2-6-12/h1,3,5,7H,6,12H2. The molecule has 0 saturated heterocycles. The van der Waals surface area contributed by atoms with Gasteiger partial charge in [-0.15, -0.1) is 0 Å². The minimum atomic E-state index is 0.253. The van der Waals surface area contributed by atoms with Crippen molar-refractivity contribution in [2.75, 3.05) is 6.54 Å². The summed E-state index contributed by atoms with van der Waals surface area (Å²) in [6.45, 7) is 0.253. The van der Waals surface area contributed by atoms with Gasteiger partial charge in [0.25, 0.3) is 0 Å². The first-order valence-electron chi connectivity index (χ1n) is 3.72. The Labute approximate surface area is 81.7 Å². The SMILES string of the molecule is NCC#Cc1c(Cl)cccc1C=O. The highest BCUT2D eigenvalue weighted by atomic mass is 35.5. The summed E-state index contributed by atoms with van der Waals surface area (Å²) in [6, 6.07) is 5.06. The Morgan fingerprint density at radius 1 is 1.54 bits per heavy atom. The summed E-state index contributed by atoms with van der Waals surface area (Å²) in [5, 5.41) is 0.477. The van der Waals surface area contributed by atoms with Crippen molar-refractivity contribution < 1.29 is 4.79 Å². The number of hydrogen-bond donors (Lipinski definition) is 1. The van der Waals surface area contributed by atoms with E-state index in [2.05, 4.69) is 11.8 Å². The minimum absolute atomic E-state index is 0.253. The van der Waals surface area contributed by atoms with Gasteiger partial charge in [0.05, 0.1) is 17.1 Å². The molecular formula is C10H8ClNO. The van der Waals surface area contributed by atoms with Gasteiger partial charge in [0.2, 0.25) is 0 Å². The van der Waals surface area contributed by atoms with Crippen LogP contribution in [0.2, 0.25) is 5.02 Å². The number of hydrogen-bond acceptors (Lipinski definition) is 2. The number of halogens is 1. The van der Waals surface area contributed by atoms with Crippen LogP contribution in [0, 0.1) is 11.8 Å². The van der Waals surface area contributed by atoms with E-state index in [1.54, 1.807) is 18.2 Å². The Kier molecular flexibility index (Phi) is 3.51. The minimum Gasteiger partial charge on any atom is -0.320 e. The van der Waals surface area contributed by atoms with Gasteiger partial charge in [-0.05, 0) is 6.07 Å². The van der Waals surface area contributed by atoms with E-state index in [1.807, 2.05) is 0 Å². The van der Waals surface area contributed by atoms with E-state index in [9.17, 15) is 4.79 Å². The number of rotatable bonds is 1. The summed E-state index contributed by atoms with van der Waals surface area (Å²) in [6.07, 6.45) is 0.729. The summed E-state index contributed by atoms with van der Waals surface area (Å²) >= 11 is 5.84. The van der Waals surface area contributed by atoms with Crippen LogP contribution in [0.25, 0.3) is 0 Å². The van der Waals surface area contributed by atoms with Crippen LogP contribution in [0.1, 0.15) is 15.9 Å². The van der Waals surface area contributed by atoms with Gasteiger partial charge in [-0.3, -0.25) is 4.79 Å². The van der Waals surface area contributed by atoms with Gasteiger partial charge in [-0.1, -0.05) is 35.6 Å². The lowest BCUT2D eigenvalue weighted by Crippen LogP contribution is -1.94. The summed E-state index contributed by atoms with van der Waals surface area (Å²) in [7, 11) is 0. The fourth-order valence-corrected chi connectivity index (χ4v) is 1.14. The van der Waals surface area contributed by atoms with Gasteiger partial charge in [-0.2, -0.15) is 0 Å². The smallest absolute Gasteiger partial charge is 0.151 e. The molecule has 3 heteroatoms. The maximum absolute atomic E-state index is 10.6. The number of benzene rings is 1. The van der Waals surface area contributed by atoms with E-state index in [-0.39, 0.29) is 6.54 Å². The number of carbonyl (C=O) groups excluding carboxylic acids is 1. The molecule has 2 N–H and O–H groups in total. The molecule has 0 amide bonds. The maximum Gasteiger partial charge on any atom is 0.151 e. The zero-order chi connectivity index (χ0) is 9.68. The first-order valence-corrected chi connectivity index (χ1v) is 4.10. The lowest BCUT2D eigenvalue weighted by molar-refractivity contribution is 0.112. The molecule has 0 aliphatic rings. The van der Waals surface area contributed by atoms with Crippen LogP contribution < -0.4 is 5.73 Å². The van der Waals surface area contributed by atoms with Gasteiger partial charge in [0.15, 0.2) is 6.29 Å². The van der Waals surface area contributed by atoms with Crippen LogP contribution in [0.4, 0.5) is 0 Å². The topological polar surface area (TPSA) is 43.1 Å². The summed E-state index contributed by atoms with van der Waals surface area (Å²) in [5.74, 6) is 5.41. The van der Waals surface area contributed by atoms with Crippen molar-refractivity contribution in [2.24, 2.45) is 5.73 Å². The molecule has 1 aromatic rings. The van der Waals surface area contributed by atoms with E-state index in [1.165, 1.54) is 0 Å². The number of carbonyl (C=O) groups is 1. The molecule has 2 nitrogen and oxygen atoms in total. The third-order valence-electron chi connectivity index (χ3n) is 1.49. The van der Waals surface area contributed by atoms with Crippen LogP contribution in [0.15, 0.2) is 18.2 Å². The predicted molar refractivity (Wildman–Crippen MR) is 52.8 cm³/mol. The van der Waals surface area contributed by atoms with Crippen LogP contribution in [0.3, 0.4) is 0 Å². The van der Waals surface area contributed by atoms with Crippen LogP contribution in [0.5, 0.6) is 0 Å². The molecule has 0 aliphatic heterocycles. The third kappa shape index (κ3) is 2.32. The first kappa shape index (κ1) is 9.79. The fraction of sp³-hybridized carbons (Fsp3) is 0.100. The Hall–Kier alpha value is -1.30. The average Bonchev–Trinajstić information content (AvgIpc) is 2.15. The van der Waals surface area contributed by atoms with Crippen molar-refractivity contribution in [3.05, 3.63) is 34.3 Å². The van der Waals surface area contributed by atoms with E-state index < -0.39 is 0 Å². The van der Waals surface area contributed by atoms with Crippen molar-refractivity contribution in [2.45, 2.75) is 0 Å². The van der Waals surface area contributed by atoms with Crippen molar-refractivity contribution >= 4 is 17.9 Å². The Morgan fingerprint density at radius 2 is 2.31 bits per heavy atom. The Morgan fingerprint density at radius 3 is 2.92 bits per heavy atom. The molecule has 1 aromatic carbocycles. The van der Waals surface area contributed by atoms with Crippen molar-refractivity contribution in [3.63, 3.8) is 0 Å². The van der Waals surface area contributed by atoms with Gasteiger partial charge >= 0.3 is 0 Å². The molecule has 0 bridgehead atoms. The highest BCUT2D eigenvalue weighted by Gasteiger charge is 2.01. The normalized spacial score (nSPS) is 8.77. The monoisotopic (exact) mass is 193 g/mol. The average molecular weight is 194 g/mol. The predicted octanol–water partition coefficient (Wildman–Crippen LogP) is 1.46. The van der Waals surface area contributed by atoms with Gasteiger partial charge in [0.1, 0.15) is 0 Å². The lowest BCUT2D eigenvalue weighted by Gasteiger charge is -1.97. The summed E-state index contributed by atoms with van der Waals surface area (Å²) < 4.78 is 0. The second kappa shape index (κ2) is 4.66. The van der Waals surface area contributed by atoms with Gasteiger partial charge < -0.3 is 5.73 Å². The van der Waals surface area contributed by atoms with Crippen LogP contribution in [-0.4, -0.2) is 12.8 Å². The van der Waals surface area contributed by atoms with Crippen molar-refractivity contribution in [1.29, 1.82) is 0 Å². The molecule has 1 rings (SSSR count). The molecule has 0 radical (unpaired) electrons. The van der Waals surface area contributed by atoms with E-state index in [0.29, 0.717) is 16.1 Å². The van der Waals surface area contributed by atoms with Gasteiger partial charge in [0, 0.05) is 5.56 Å². The lowest BCUT2D eigenvalue weighted by atomic mass is 10.1. The van der Waals surface area contributed by atoms with Crippen LogP contribution >= 0.6 is 11.6 Å². The molecule has 0 aliphatic carbocycles. The molecule has 66 valence electrons. The Balaban J connectivity index is 3.22. The molecule has 0 aromatic heterocycles. The fourth-order valence-electron chi connectivity index (χ4n) is 0.910. The molecule has 0 atom stereocenters. The molecule has 13 heavy (non-hydrogen) atoms. The maximum atomic E-state index is 10.6. The Bertz CT molecular complexity index is 376. The van der Waals surface area contributed by atoms with E-state index in [4.69, 9.17) is 17.3 Å². The molecular weight excluding hydrogens is 186 g/mol. The quantitative estimate of drug-likeness (QED) is 0.542. The second-order valence-corrected chi connectivity index (χ2v) is 2.74. The first-order chi connectivity index (χ1) is 6.29. The highest BCUT2D eigenvalue weighted by Crippen LogP contribution is 2.17. The number of nitrogens with two attached hydrogens (primary N) is 1. The van der Waals surface area contributed by atoms with E-state index in [0.717, 1.165) is 6.29 Å². The molecule has 0 heterocycles. The van der Waals surface area contributed by atoms with E-state index >= 15 is 0 Å². The van der Waals surface area contributed by atoms with Crippen LogP contribution in [-0.2, 0) is 0 Å². The van der Waals surface area contributed by atoms with Crippen molar-refractivity contribution in [3.8, 4) is 11.8 Å². The highest BCUT2D eigenvalue weighted by molar-refractivity contribution is 6.32. The molecule has 0 fully saturated rings. The second-order valence-electron chi connectivity index (χ2n) is 2.33. The number of aldehydes is 1. The summed E-state index contributed by atoms with van der Waals surface area (Å²) in [5.41, 5.74) is 6.25. The zero-order valence-electron chi connectivity index (χ0n) is 6.88. The van der Waals surface area contributed by atoms with Crippen molar-refractivity contribution in [1.82, 2.24) is 0 Å².